The average molecular weight is 224 g/mol. The zero-order valence-electron chi connectivity index (χ0n) is 9.44. The van der Waals surface area contributed by atoms with Gasteiger partial charge in [0.25, 0.3) is 0 Å². The van der Waals surface area contributed by atoms with Gasteiger partial charge in [-0.25, -0.2) is 4.99 Å². The van der Waals surface area contributed by atoms with Crippen LogP contribution >= 0.6 is 0 Å². The summed E-state index contributed by atoms with van der Waals surface area (Å²) in [6.07, 6.45) is 1.98. The number of benzene rings is 1. The molecule has 0 fully saturated rings. The lowest BCUT2D eigenvalue weighted by Crippen LogP contribution is -2.29. The predicted molar refractivity (Wildman–Crippen MR) is 68.0 cm³/mol. The molecule has 0 unspecified atom stereocenters. The molecule has 17 heavy (non-hydrogen) atoms. The Balaban J connectivity index is 1.87. The number of nitrogens with one attached hydrogen (secondary N) is 2. The molecule has 0 radical (unpaired) electrons. The summed E-state index contributed by atoms with van der Waals surface area (Å²) in [5.41, 5.74) is 3.22. The van der Waals surface area contributed by atoms with Crippen LogP contribution < -0.4 is 5.32 Å². The summed E-state index contributed by atoms with van der Waals surface area (Å²) < 4.78 is 0. The maximum atomic E-state index is 4.35. The molecule has 1 aromatic carbocycles. The first kappa shape index (κ1) is 9.84. The summed E-state index contributed by atoms with van der Waals surface area (Å²) >= 11 is 0. The van der Waals surface area contributed by atoms with Crippen molar-refractivity contribution in [2.45, 2.75) is 6.92 Å². The lowest BCUT2D eigenvalue weighted by atomic mass is 10.2. The van der Waals surface area contributed by atoms with E-state index in [1.165, 1.54) is 0 Å². The van der Waals surface area contributed by atoms with Crippen molar-refractivity contribution in [2.24, 2.45) is 4.99 Å². The Morgan fingerprint density at radius 1 is 1.18 bits per heavy atom. The lowest BCUT2D eigenvalue weighted by molar-refractivity contribution is 1.04. The maximum absolute atomic E-state index is 4.35. The van der Waals surface area contributed by atoms with E-state index in [-0.39, 0.29) is 0 Å². The second-order valence-corrected chi connectivity index (χ2v) is 3.96. The lowest BCUT2D eigenvalue weighted by Gasteiger charge is -2.14. The summed E-state index contributed by atoms with van der Waals surface area (Å²) in [5.74, 6) is 1.55. The SMILES string of the molecule is CC1=CC(=Nc2cc(-c3ccccc3)[nH]n2)N1. The molecule has 4 nitrogen and oxygen atoms in total. The number of rotatable bonds is 2. The van der Waals surface area contributed by atoms with E-state index in [1.807, 2.05) is 49.4 Å². The highest BCUT2D eigenvalue weighted by molar-refractivity contribution is 6.01. The first-order valence-corrected chi connectivity index (χ1v) is 5.46. The molecular formula is C13H12N4. The van der Waals surface area contributed by atoms with Crippen LogP contribution in [0, 0.1) is 0 Å². The maximum Gasteiger partial charge on any atom is 0.176 e. The first-order valence-electron chi connectivity index (χ1n) is 5.46. The van der Waals surface area contributed by atoms with E-state index in [2.05, 4.69) is 20.5 Å². The highest BCUT2D eigenvalue weighted by Crippen LogP contribution is 2.21. The quantitative estimate of drug-likeness (QED) is 0.823. The Kier molecular flexibility index (Phi) is 2.26. The van der Waals surface area contributed by atoms with Gasteiger partial charge in [-0.15, -0.1) is 0 Å². The number of amidine groups is 1. The van der Waals surface area contributed by atoms with Crippen molar-refractivity contribution in [3.8, 4) is 11.3 Å². The van der Waals surface area contributed by atoms with Gasteiger partial charge >= 0.3 is 0 Å². The molecule has 0 amide bonds. The summed E-state index contributed by atoms with van der Waals surface area (Å²) in [5, 5.41) is 10.2. The van der Waals surface area contributed by atoms with Crippen LogP contribution in [0.25, 0.3) is 11.3 Å². The zero-order valence-corrected chi connectivity index (χ0v) is 9.44. The third-order valence-corrected chi connectivity index (χ3v) is 2.56. The van der Waals surface area contributed by atoms with E-state index in [0.717, 1.165) is 22.8 Å². The molecule has 0 saturated heterocycles. The molecule has 2 aromatic rings. The Morgan fingerprint density at radius 3 is 2.65 bits per heavy atom. The van der Waals surface area contributed by atoms with Crippen LogP contribution in [0.4, 0.5) is 5.82 Å². The molecule has 2 heterocycles. The van der Waals surface area contributed by atoms with Crippen LogP contribution in [0.5, 0.6) is 0 Å². The second kappa shape index (κ2) is 3.90. The molecule has 0 atom stereocenters. The standard InChI is InChI=1S/C13H12N4/c1-9-7-12(14-9)15-13-8-11(16-17-13)10-5-3-2-4-6-10/h2-8H,1H3,(H2,14,15,16,17). The summed E-state index contributed by atoms with van der Waals surface area (Å²) in [4.78, 5) is 4.35. The van der Waals surface area contributed by atoms with E-state index in [0.29, 0.717) is 5.82 Å². The molecular weight excluding hydrogens is 212 g/mol. The molecule has 1 aromatic heterocycles. The topological polar surface area (TPSA) is 53.1 Å². The number of aromatic nitrogens is 2. The van der Waals surface area contributed by atoms with E-state index < -0.39 is 0 Å². The van der Waals surface area contributed by atoms with Crippen LogP contribution in [0.15, 0.2) is 53.2 Å². The molecule has 0 aliphatic carbocycles. The van der Waals surface area contributed by atoms with Crippen LogP contribution in [-0.2, 0) is 0 Å². The van der Waals surface area contributed by atoms with Crippen LogP contribution in [0.1, 0.15) is 6.92 Å². The number of H-pyrrole nitrogens is 1. The smallest absolute Gasteiger partial charge is 0.176 e. The van der Waals surface area contributed by atoms with Crippen molar-refractivity contribution in [1.82, 2.24) is 15.5 Å². The van der Waals surface area contributed by atoms with Gasteiger partial charge in [0.15, 0.2) is 5.82 Å². The van der Waals surface area contributed by atoms with Crippen molar-refractivity contribution < 1.29 is 0 Å². The van der Waals surface area contributed by atoms with Gasteiger partial charge < -0.3 is 5.32 Å². The Hall–Kier alpha value is -2.36. The highest BCUT2D eigenvalue weighted by Gasteiger charge is 2.08. The fraction of sp³-hybridized carbons (Fsp3) is 0.0769. The molecule has 1 aliphatic rings. The summed E-state index contributed by atoms with van der Waals surface area (Å²) in [7, 11) is 0. The van der Waals surface area contributed by atoms with Crippen molar-refractivity contribution >= 4 is 11.7 Å². The molecule has 0 saturated carbocycles. The number of aliphatic imine (C=N–C) groups is 1. The zero-order chi connectivity index (χ0) is 11.7. The van der Waals surface area contributed by atoms with E-state index in [4.69, 9.17) is 0 Å². The molecule has 3 rings (SSSR count). The normalized spacial score (nSPS) is 16.3. The van der Waals surface area contributed by atoms with Crippen LogP contribution in [0.2, 0.25) is 0 Å². The molecule has 0 bridgehead atoms. The molecule has 4 heteroatoms. The van der Waals surface area contributed by atoms with Gasteiger partial charge in [-0.2, -0.15) is 5.10 Å². The second-order valence-electron chi connectivity index (χ2n) is 3.96. The molecule has 0 spiro atoms. The monoisotopic (exact) mass is 224 g/mol. The van der Waals surface area contributed by atoms with Gasteiger partial charge in [0.1, 0.15) is 5.84 Å². The van der Waals surface area contributed by atoms with Crippen molar-refractivity contribution in [3.05, 3.63) is 48.2 Å². The number of allylic oxidation sites excluding steroid dienone is 1. The van der Waals surface area contributed by atoms with Crippen molar-refractivity contribution in [2.75, 3.05) is 0 Å². The van der Waals surface area contributed by atoms with Gasteiger partial charge in [-0.1, -0.05) is 30.3 Å². The van der Waals surface area contributed by atoms with Gasteiger partial charge in [-0.3, -0.25) is 5.10 Å². The summed E-state index contributed by atoms with van der Waals surface area (Å²) in [6.45, 7) is 2.00. The highest BCUT2D eigenvalue weighted by atomic mass is 15.2. The average Bonchev–Trinajstić information content (AvgIpc) is 2.77. The molecule has 84 valence electrons. The minimum Gasteiger partial charge on any atom is -0.344 e. The molecule has 1 aliphatic heterocycles. The fourth-order valence-corrected chi connectivity index (χ4v) is 1.72. The van der Waals surface area contributed by atoms with Crippen LogP contribution in [0.3, 0.4) is 0 Å². The van der Waals surface area contributed by atoms with Crippen molar-refractivity contribution in [1.29, 1.82) is 0 Å². The van der Waals surface area contributed by atoms with Crippen LogP contribution in [-0.4, -0.2) is 16.0 Å². The Morgan fingerprint density at radius 2 is 1.94 bits per heavy atom. The van der Waals surface area contributed by atoms with E-state index in [9.17, 15) is 0 Å². The largest absolute Gasteiger partial charge is 0.344 e. The van der Waals surface area contributed by atoms with E-state index in [1.54, 1.807) is 0 Å². The van der Waals surface area contributed by atoms with E-state index >= 15 is 0 Å². The first-order chi connectivity index (χ1) is 8.31. The Labute approximate surface area is 99.1 Å². The third-order valence-electron chi connectivity index (χ3n) is 2.56. The van der Waals surface area contributed by atoms with Crippen molar-refractivity contribution in [3.63, 3.8) is 0 Å². The summed E-state index contributed by atoms with van der Waals surface area (Å²) in [6, 6.07) is 12.0. The predicted octanol–water partition coefficient (Wildman–Crippen LogP) is 2.61. The number of hydrogen-bond donors (Lipinski definition) is 2. The third kappa shape index (κ3) is 1.97. The number of nitrogens with zero attached hydrogens (tertiary/aromatic N) is 2. The number of aromatic amines is 1. The van der Waals surface area contributed by atoms with Gasteiger partial charge in [0, 0.05) is 11.8 Å². The van der Waals surface area contributed by atoms with Gasteiger partial charge in [-0.05, 0) is 18.6 Å². The van der Waals surface area contributed by atoms with Gasteiger partial charge in [0.2, 0.25) is 0 Å². The van der Waals surface area contributed by atoms with Gasteiger partial charge in [0.05, 0.1) is 5.69 Å². The minimum absolute atomic E-state index is 0.690. The number of hydrogen-bond acceptors (Lipinski definition) is 2. The molecule has 2 N–H and O–H groups in total. The fourth-order valence-electron chi connectivity index (χ4n) is 1.72. The minimum atomic E-state index is 0.690. The Bertz CT molecular complexity index is 593.